The molecule has 35 heavy (non-hydrogen) atoms. The molecule has 4 rings (SSSR count). The average Bonchev–Trinajstić information content (AvgIpc) is 3.34. The van der Waals surface area contributed by atoms with E-state index in [4.69, 9.17) is 0 Å². The summed E-state index contributed by atoms with van der Waals surface area (Å²) in [5, 5.41) is 18.2. The molecular weight excluding hydrogens is 464 g/mol. The van der Waals surface area contributed by atoms with E-state index in [-0.39, 0.29) is 28.9 Å². The number of aromatic nitrogens is 3. The standard InChI is InChI=1S/C25H20F4N4O2/c26-16-9-7-15(8-10-16)20-13-21(33-32-20)23-18(5-3-6-19(23)27)24(35)31-22(25(28,29)14-34)12-17-4-1-2-11-30-17/h1-11,13,22,34H,12,14H2,(H,31,35)(H,32,33)/t22-/m1/s1. The molecule has 0 aliphatic heterocycles. The fourth-order valence-corrected chi connectivity index (χ4v) is 3.59. The van der Waals surface area contributed by atoms with Crippen LogP contribution in [0.5, 0.6) is 0 Å². The third kappa shape index (κ3) is 5.38. The first-order valence-corrected chi connectivity index (χ1v) is 10.6. The molecule has 6 nitrogen and oxygen atoms in total. The van der Waals surface area contributed by atoms with E-state index in [9.17, 15) is 27.5 Å². The summed E-state index contributed by atoms with van der Waals surface area (Å²) in [6.07, 6.45) is 1.07. The van der Waals surface area contributed by atoms with Crippen molar-refractivity contribution in [1.82, 2.24) is 20.5 Å². The van der Waals surface area contributed by atoms with Gasteiger partial charge in [-0.25, -0.2) is 17.6 Å². The van der Waals surface area contributed by atoms with Crippen molar-refractivity contribution in [3.05, 3.63) is 95.8 Å². The normalized spacial score (nSPS) is 12.4. The van der Waals surface area contributed by atoms with Crippen LogP contribution in [0.25, 0.3) is 22.5 Å². The van der Waals surface area contributed by atoms with Gasteiger partial charge in [0.25, 0.3) is 11.8 Å². The van der Waals surface area contributed by atoms with Gasteiger partial charge in [-0.1, -0.05) is 12.1 Å². The predicted molar refractivity (Wildman–Crippen MR) is 121 cm³/mol. The molecule has 0 aliphatic carbocycles. The van der Waals surface area contributed by atoms with Crippen LogP contribution in [0.15, 0.2) is 72.9 Å². The molecule has 0 fully saturated rings. The smallest absolute Gasteiger partial charge is 0.290 e. The Bertz CT molecular complexity index is 1310. The molecule has 3 N–H and O–H groups in total. The summed E-state index contributed by atoms with van der Waals surface area (Å²) in [7, 11) is 0. The van der Waals surface area contributed by atoms with Gasteiger partial charge in [-0.2, -0.15) is 5.10 Å². The second-order valence-corrected chi connectivity index (χ2v) is 7.81. The van der Waals surface area contributed by atoms with E-state index < -0.39 is 36.1 Å². The number of hydrogen-bond donors (Lipinski definition) is 3. The van der Waals surface area contributed by atoms with E-state index in [1.54, 1.807) is 12.1 Å². The van der Waals surface area contributed by atoms with Crippen molar-refractivity contribution >= 4 is 5.91 Å². The van der Waals surface area contributed by atoms with Gasteiger partial charge in [-0.3, -0.25) is 14.9 Å². The molecule has 0 unspecified atom stereocenters. The first-order chi connectivity index (χ1) is 16.8. The lowest BCUT2D eigenvalue weighted by Crippen LogP contribution is -2.51. The largest absolute Gasteiger partial charge is 0.390 e. The number of carbonyl (C=O) groups excluding carboxylic acids is 1. The highest BCUT2D eigenvalue weighted by Gasteiger charge is 2.40. The van der Waals surface area contributed by atoms with E-state index in [1.807, 2.05) is 0 Å². The van der Waals surface area contributed by atoms with Gasteiger partial charge in [0.05, 0.1) is 17.0 Å². The fourth-order valence-electron chi connectivity index (χ4n) is 3.59. The number of nitrogens with zero attached hydrogens (tertiary/aromatic N) is 2. The molecule has 0 saturated carbocycles. The van der Waals surface area contributed by atoms with Gasteiger partial charge in [-0.15, -0.1) is 0 Å². The maximum atomic E-state index is 14.9. The lowest BCUT2D eigenvalue weighted by molar-refractivity contribution is -0.0771. The summed E-state index contributed by atoms with van der Waals surface area (Å²) in [6, 6.07) is 13.6. The number of alkyl halides is 2. The SMILES string of the molecule is O=C(N[C@H](Cc1ccccn1)C(F)(F)CO)c1cccc(F)c1-c1cc(-c2ccc(F)cc2)n[nH]1. The number of aliphatic hydroxyl groups is 1. The zero-order chi connectivity index (χ0) is 25.0. The number of rotatable bonds is 8. The van der Waals surface area contributed by atoms with Crippen molar-refractivity contribution < 1.29 is 27.5 Å². The fraction of sp³-hybridized carbons (Fsp3) is 0.160. The van der Waals surface area contributed by atoms with Crippen LogP contribution in [0.3, 0.4) is 0 Å². The molecule has 2 aromatic heterocycles. The van der Waals surface area contributed by atoms with E-state index in [0.717, 1.165) is 6.07 Å². The Morgan fingerprint density at radius 3 is 2.51 bits per heavy atom. The van der Waals surface area contributed by atoms with E-state index in [0.29, 0.717) is 11.3 Å². The van der Waals surface area contributed by atoms with Crippen LogP contribution in [0.4, 0.5) is 17.6 Å². The molecule has 1 atom stereocenters. The Hall–Kier alpha value is -4.05. The molecule has 10 heteroatoms. The summed E-state index contributed by atoms with van der Waals surface area (Å²) in [5.41, 5.74) is 0.947. The lowest BCUT2D eigenvalue weighted by Gasteiger charge is -2.26. The van der Waals surface area contributed by atoms with Gasteiger partial charge in [0.15, 0.2) is 0 Å². The second kappa shape index (κ2) is 10.1. The quantitative estimate of drug-likeness (QED) is 0.324. The average molecular weight is 484 g/mol. The van der Waals surface area contributed by atoms with Crippen molar-refractivity contribution in [1.29, 1.82) is 0 Å². The van der Waals surface area contributed by atoms with Crippen molar-refractivity contribution in [2.24, 2.45) is 0 Å². The molecule has 2 heterocycles. The van der Waals surface area contributed by atoms with Crippen LogP contribution >= 0.6 is 0 Å². The van der Waals surface area contributed by atoms with Crippen molar-refractivity contribution in [3.63, 3.8) is 0 Å². The highest BCUT2D eigenvalue weighted by atomic mass is 19.3. The van der Waals surface area contributed by atoms with Crippen LogP contribution < -0.4 is 5.32 Å². The van der Waals surface area contributed by atoms with E-state index >= 15 is 0 Å². The molecule has 0 saturated heterocycles. The van der Waals surface area contributed by atoms with Crippen LogP contribution in [0.2, 0.25) is 0 Å². The maximum absolute atomic E-state index is 14.9. The third-order valence-electron chi connectivity index (χ3n) is 5.41. The number of carbonyl (C=O) groups is 1. The third-order valence-corrected chi connectivity index (χ3v) is 5.41. The second-order valence-electron chi connectivity index (χ2n) is 7.81. The highest BCUT2D eigenvalue weighted by Crippen LogP contribution is 2.30. The minimum Gasteiger partial charge on any atom is -0.390 e. The summed E-state index contributed by atoms with van der Waals surface area (Å²) in [5.74, 6) is -5.84. The maximum Gasteiger partial charge on any atom is 0.290 e. The van der Waals surface area contributed by atoms with Gasteiger partial charge in [-0.05, 0) is 54.6 Å². The minimum atomic E-state index is -3.66. The molecule has 0 bridgehead atoms. The molecule has 0 aliphatic rings. The molecule has 2 aromatic carbocycles. The van der Waals surface area contributed by atoms with Crippen molar-refractivity contribution in [2.75, 3.05) is 6.61 Å². The molecule has 0 spiro atoms. The molecule has 4 aromatic rings. The summed E-state index contributed by atoms with van der Waals surface area (Å²) < 4.78 is 57.1. The monoisotopic (exact) mass is 484 g/mol. The zero-order valence-electron chi connectivity index (χ0n) is 18.2. The summed E-state index contributed by atoms with van der Waals surface area (Å²) in [6.45, 7) is -1.50. The number of H-pyrrole nitrogens is 1. The molecular formula is C25H20F4N4O2. The van der Waals surface area contributed by atoms with Crippen molar-refractivity contribution in [2.45, 2.75) is 18.4 Å². The number of pyridine rings is 1. The minimum absolute atomic E-state index is 0.128. The zero-order valence-corrected chi connectivity index (χ0v) is 18.2. The van der Waals surface area contributed by atoms with Gasteiger partial charge < -0.3 is 10.4 Å². The molecule has 1 amide bonds. The Morgan fingerprint density at radius 2 is 1.83 bits per heavy atom. The van der Waals surface area contributed by atoms with E-state index in [2.05, 4.69) is 20.5 Å². The number of hydrogen-bond acceptors (Lipinski definition) is 4. The topological polar surface area (TPSA) is 90.9 Å². The number of nitrogens with one attached hydrogen (secondary N) is 2. The Kier molecular flexibility index (Phi) is 6.92. The number of aliphatic hydroxyl groups excluding tert-OH is 1. The predicted octanol–water partition coefficient (Wildman–Crippen LogP) is 4.39. The number of aromatic amines is 1. The Balaban J connectivity index is 1.66. The van der Waals surface area contributed by atoms with Crippen LogP contribution in [0, 0.1) is 11.6 Å². The van der Waals surface area contributed by atoms with Gasteiger partial charge in [0.2, 0.25) is 0 Å². The van der Waals surface area contributed by atoms with Crippen LogP contribution in [-0.4, -0.2) is 44.8 Å². The number of benzene rings is 2. The van der Waals surface area contributed by atoms with Crippen LogP contribution in [0.1, 0.15) is 16.1 Å². The number of halogens is 4. The first-order valence-electron chi connectivity index (χ1n) is 10.6. The first kappa shape index (κ1) is 24.1. The molecule has 180 valence electrons. The summed E-state index contributed by atoms with van der Waals surface area (Å²) >= 11 is 0. The molecule has 0 radical (unpaired) electrons. The van der Waals surface area contributed by atoms with Crippen LogP contribution in [-0.2, 0) is 6.42 Å². The lowest BCUT2D eigenvalue weighted by atomic mass is 10.00. The van der Waals surface area contributed by atoms with Gasteiger partial charge >= 0.3 is 0 Å². The van der Waals surface area contributed by atoms with E-state index in [1.165, 1.54) is 54.7 Å². The van der Waals surface area contributed by atoms with Crippen molar-refractivity contribution in [3.8, 4) is 22.5 Å². The summed E-state index contributed by atoms with van der Waals surface area (Å²) in [4.78, 5) is 17.1. The van der Waals surface area contributed by atoms with Gasteiger partial charge in [0, 0.05) is 29.4 Å². The van der Waals surface area contributed by atoms with Gasteiger partial charge in [0.1, 0.15) is 24.3 Å². The highest BCUT2D eigenvalue weighted by molar-refractivity contribution is 6.01. The Morgan fingerprint density at radius 1 is 1.06 bits per heavy atom. The Labute approximate surface area is 197 Å². The number of amides is 1.